The third-order valence-corrected chi connectivity index (χ3v) is 8.83. The summed E-state index contributed by atoms with van der Waals surface area (Å²) in [6.07, 6.45) is 8.76. The molecule has 0 aliphatic carbocycles. The monoisotopic (exact) mass is 774 g/mol. The Morgan fingerprint density at radius 3 is 1.71 bits per heavy atom. The molecule has 4 heterocycles. The van der Waals surface area contributed by atoms with E-state index in [1.807, 2.05) is 73.7 Å². The van der Waals surface area contributed by atoms with Gasteiger partial charge in [-0.2, -0.15) is 10.2 Å². The van der Waals surface area contributed by atoms with Gasteiger partial charge in [0.25, 0.3) is 11.8 Å². The van der Waals surface area contributed by atoms with Gasteiger partial charge in [-0.05, 0) is 84.6 Å². The Hall–Kier alpha value is -8.14. The number of nitrogens with zero attached hydrogens (tertiary/aromatic N) is 7. The second-order valence-electron chi connectivity index (χ2n) is 12.5. The lowest BCUT2D eigenvalue weighted by Gasteiger charge is -2.07. The number of aromatic amines is 1. The van der Waals surface area contributed by atoms with Crippen LogP contribution in [0.2, 0.25) is 0 Å². The summed E-state index contributed by atoms with van der Waals surface area (Å²) in [5, 5.41) is 27.3. The molecule has 58 heavy (non-hydrogen) atoms. The molecule has 0 spiro atoms. The normalized spacial score (nSPS) is 10.7. The predicted molar refractivity (Wildman–Crippen MR) is 215 cm³/mol. The van der Waals surface area contributed by atoms with E-state index in [9.17, 15) is 24.3 Å². The zero-order valence-electron chi connectivity index (χ0n) is 31.1. The molecule has 4 aromatic carbocycles. The van der Waals surface area contributed by atoms with E-state index in [0.29, 0.717) is 35.3 Å². The molecule has 2 amide bonds. The highest BCUT2D eigenvalue weighted by Crippen LogP contribution is 2.29. The van der Waals surface area contributed by atoms with Crippen LogP contribution < -0.4 is 10.6 Å². The number of aromatic nitrogens is 8. The van der Waals surface area contributed by atoms with Crippen molar-refractivity contribution in [3.8, 4) is 22.3 Å². The highest BCUT2D eigenvalue weighted by molar-refractivity contribution is 6.05. The van der Waals surface area contributed by atoms with E-state index in [1.54, 1.807) is 29.8 Å². The van der Waals surface area contributed by atoms with Gasteiger partial charge in [-0.25, -0.2) is 19.6 Å². The standard InChI is InChI=1S/2C21H17N5O3/c1-2-26-18-11-14(5-8-16(18)19(25-26)21(28)29)13-3-6-15(7-4-13)24-20(27)17-12-22-9-10-23-17;1-2-29-21(28)19-16-8-5-14(11-17(16)25-26-19)13-3-6-15(7-4-13)24-20(27)18-12-22-9-10-23-18/h3-12H,2H2,1H3,(H,24,27)(H,28,29);3-12H,2H2,1H3,(H,24,27)(H,25,26). The minimum atomic E-state index is -1.04. The average Bonchev–Trinajstić information content (AvgIpc) is 3.86. The molecule has 4 N–H and O–H groups in total. The van der Waals surface area contributed by atoms with E-state index in [4.69, 9.17) is 4.74 Å². The molecular formula is C42H34N10O6. The van der Waals surface area contributed by atoms with E-state index >= 15 is 0 Å². The Balaban J connectivity index is 0.000000177. The number of carbonyl (C=O) groups excluding carboxylic acids is 3. The minimum Gasteiger partial charge on any atom is -0.476 e. The van der Waals surface area contributed by atoms with Crippen molar-refractivity contribution in [3.05, 3.63) is 145 Å². The summed E-state index contributed by atoms with van der Waals surface area (Å²) < 4.78 is 6.70. The number of hydrogen-bond donors (Lipinski definition) is 4. The molecule has 0 bridgehead atoms. The van der Waals surface area contributed by atoms with Gasteiger partial charge in [0.05, 0.1) is 30.0 Å². The van der Waals surface area contributed by atoms with Crippen LogP contribution in [0.1, 0.15) is 55.8 Å². The lowest BCUT2D eigenvalue weighted by Crippen LogP contribution is -2.13. The van der Waals surface area contributed by atoms with Gasteiger partial charge in [0.15, 0.2) is 11.4 Å². The van der Waals surface area contributed by atoms with Crippen LogP contribution in [0.25, 0.3) is 44.1 Å². The maximum atomic E-state index is 12.2. The smallest absolute Gasteiger partial charge is 0.359 e. The van der Waals surface area contributed by atoms with Crippen LogP contribution in [0.4, 0.5) is 11.4 Å². The number of anilines is 2. The minimum absolute atomic E-state index is 0.0514. The van der Waals surface area contributed by atoms with Crippen LogP contribution in [0.5, 0.6) is 0 Å². The van der Waals surface area contributed by atoms with Crippen molar-refractivity contribution in [2.24, 2.45) is 0 Å². The number of rotatable bonds is 10. The maximum Gasteiger partial charge on any atom is 0.359 e. The molecule has 0 radical (unpaired) electrons. The van der Waals surface area contributed by atoms with Crippen LogP contribution in [0, 0.1) is 0 Å². The molecule has 8 aromatic rings. The highest BCUT2D eigenvalue weighted by Gasteiger charge is 2.18. The van der Waals surface area contributed by atoms with Crippen molar-refractivity contribution >= 4 is 56.9 Å². The number of aromatic carboxylic acids is 1. The van der Waals surface area contributed by atoms with E-state index < -0.39 is 11.9 Å². The van der Waals surface area contributed by atoms with E-state index in [-0.39, 0.29) is 34.6 Å². The largest absolute Gasteiger partial charge is 0.476 e. The fraction of sp³-hybridized carbons (Fsp3) is 0.0952. The van der Waals surface area contributed by atoms with Gasteiger partial charge in [0, 0.05) is 53.5 Å². The molecule has 0 saturated heterocycles. The molecule has 0 saturated carbocycles. The fourth-order valence-corrected chi connectivity index (χ4v) is 6.02. The first-order valence-corrected chi connectivity index (χ1v) is 18.0. The number of ether oxygens (including phenoxy) is 1. The van der Waals surface area contributed by atoms with Crippen molar-refractivity contribution in [1.82, 2.24) is 39.9 Å². The number of carbonyl (C=O) groups is 4. The number of carboxylic acid groups (broad SMARTS) is 1. The summed E-state index contributed by atoms with van der Waals surface area (Å²) in [5.41, 5.74) is 7.37. The molecule has 0 aliphatic rings. The Bertz CT molecular complexity index is 2750. The van der Waals surface area contributed by atoms with Gasteiger partial charge in [-0.1, -0.05) is 36.4 Å². The number of carboxylic acids is 1. The number of H-pyrrole nitrogens is 1. The van der Waals surface area contributed by atoms with Gasteiger partial charge >= 0.3 is 11.9 Å². The number of nitrogens with one attached hydrogen (secondary N) is 3. The summed E-state index contributed by atoms with van der Waals surface area (Å²) >= 11 is 0. The van der Waals surface area contributed by atoms with Crippen molar-refractivity contribution < 1.29 is 29.0 Å². The quantitative estimate of drug-likeness (QED) is 0.104. The summed E-state index contributed by atoms with van der Waals surface area (Å²) in [4.78, 5) is 63.4. The lowest BCUT2D eigenvalue weighted by atomic mass is 10.0. The molecule has 0 fully saturated rings. The molecule has 0 unspecified atom stereocenters. The van der Waals surface area contributed by atoms with Gasteiger partial charge < -0.3 is 20.5 Å². The van der Waals surface area contributed by atoms with Gasteiger partial charge in [0.1, 0.15) is 11.4 Å². The van der Waals surface area contributed by atoms with Crippen molar-refractivity contribution in [2.75, 3.05) is 17.2 Å². The van der Waals surface area contributed by atoms with Crippen molar-refractivity contribution in [1.29, 1.82) is 0 Å². The molecule has 0 aliphatic heterocycles. The SMILES string of the molecule is CCOC(=O)c1n[nH]c2cc(-c3ccc(NC(=O)c4cnccn4)cc3)ccc12.CCn1nc(C(=O)O)c2ccc(-c3ccc(NC(=O)c4cnccn4)cc3)cc21. The second-order valence-corrected chi connectivity index (χ2v) is 12.5. The second kappa shape index (κ2) is 17.1. The van der Waals surface area contributed by atoms with Crippen LogP contribution in [0.15, 0.2) is 122 Å². The van der Waals surface area contributed by atoms with E-state index in [2.05, 4.69) is 45.9 Å². The van der Waals surface area contributed by atoms with E-state index in [0.717, 1.165) is 33.3 Å². The Kier molecular flexibility index (Phi) is 11.3. The zero-order chi connectivity index (χ0) is 40.6. The number of aryl methyl sites for hydroxylation is 1. The lowest BCUT2D eigenvalue weighted by molar-refractivity contribution is 0.0521. The molecule has 288 valence electrons. The molecular weight excluding hydrogens is 741 g/mol. The fourth-order valence-electron chi connectivity index (χ4n) is 6.02. The predicted octanol–water partition coefficient (Wildman–Crippen LogP) is 6.91. The summed E-state index contributed by atoms with van der Waals surface area (Å²) in [7, 11) is 0. The molecule has 16 nitrogen and oxygen atoms in total. The number of benzene rings is 4. The summed E-state index contributed by atoms with van der Waals surface area (Å²) in [5.74, 6) is -2.15. The molecule has 0 atom stereocenters. The number of hydrogen-bond acceptors (Lipinski definition) is 11. The van der Waals surface area contributed by atoms with Crippen LogP contribution in [-0.2, 0) is 11.3 Å². The Labute approximate surface area is 330 Å². The summed E-state index contributed by atoms with van der Waals surface area (Å²) in [6.45, 7) is 4.54. The zero-order valence-corrected chi connectivity index (χ0v) is 31.1. The van der Waals surface area contributed by atoms with Crippen molar-refractivity contribution in [2.45, 2.75) is 20.4 Å². The van der Waals surface area contributed by atoms with Gasteiger partial charge in [0.2, 0.25) is 0 Å². The molecule has 8 rings (SSSR count). The topological polar surface area (TPSA) is 220 Å². The van der Waals surface area contributed by atoms with Crippen LogP contribution >= 0.6 is 0 Å². The van der Waals surface area contributed by atoms with Crippen LogP contribution in [0.3, 0.4) is 0 Å². The Morgan fingerprint density at radius 2 is 1.21 bits per heavy atom. The molecule has 16 heteroatoms. The Morgan fingerprint density at radius 1 is 0.672 bits per heavy atom. The maximum absolute atomic E-state index is 12.2. The summed E-state index contributed by atoms with van der Waals surface area (Å²) in [6, 6.07) is 26.0. The average molecular weight is 775 g/mol. The molecule has 4 aromatic heterocycles. The third-order valence-electron chi connectivity index (χ3n) is 8.83. The third kappa shape index (κ3) is 8.40. The van der Waals surface area contributed by atoms with Gasteiger partial charge in [-0.15, -0.1) is 0 Å². The number of fused-ring (bicyclic) bond motifs is 2. The number of amides is 2. The van der Waals surface area contributed by atoms with Crippen molar-refractivity contribution in [3.63, 3.8) is 0 Å². The first-order chi connectivity index (χ1) is 28.2. The first-order valence-electron chi connectivity index (χ1n) is 18.0. The number of esters is 1. The highest BCUT2D eigenvalue weighted by atomic mass is 16.5. The first kappa shape index (κ1) is 38.1. The van der Waals surface area contributed by atoms with E-state index in [1.165, 1.54) is 37.2 Å². The van der Waals surface area contributed by atoms with Gasteiger partial charge in [-0.3, -0.25) is 29.3 Å². The van der Waals surface area contributed by atoms with Crippen LogP contribution in [-0.4, -0.2) is 75.4 Å².